The number of ether oxygens (including phenoxy) is 2. The summed E-state index contributed by atoms with van der Waals surface area (Å²) in [6.45, 7) is 0.447. The number of nitrogens with one attached hydrogen (secondary N) is 2. The van der Waals surface area contributed by atoms with Crippen molar-refractivity contribution in [3.8, 4) is 5.75 Å². The molecule has 1 atom stereocenters. The largest absolute Gasteiger partial charge is 0.494 e. The van der Waals surface area contributed by atoms with Crippen LogP contribution >= 0.6 is 0 Å². The van der Waals surface area contributed by atoms with Crippen molar-refractivity contribution in [3.63, 3.8) is 0 Å². The lowest BCUT2D eigenvalue weighted by Crippen LogP contribution is -2.47. The Labute approximate surface area is 191 Å². The van der Waals surface area contributed by atoms with Gasteiger partial charge >= 0.3 is 5.97 Å². The molecule has 7 nitrogen and oxygen atoms in total. The number of rotatable bonds is 1. The lowest BCUT2D eigenvalue weighted by molar-refractivity contribution is -0.145. The molecule has 0 saturated heterocycles. The van der Waals surface area contributed by atoms with Gasteiger partial charge < -0.3 is 20.1 Å². The van der Waals surface area contributed by atoms with Crippen LogP contribution in [0.25, 0.3) is 0 Å². The molecular weight excluding hydrogens is 408 g/mol. The van der Waals surface area contributed by atoms with Gasteiger partial charge in [-0.05, 0) is 30.5 Å². The minimum Gasteiger partial charge on any atom is -0.494 e. The zero-order valence-corrected chi connectivity index (χ0v) is 19.3. The van der Waals surface area contributed by atoms with E-state index in [0.717, 1.165) is 37.0 Å². The Balaban J connectivity index is 0.000000520. The maximum Gasteiger partial charge on any atom is 0.328 e. The molecule has 1 aliphatic heterocycles. The van der Waals surface area contributed by atoms with Gasteiger partial charge in [-0.3, -0.25) is 9.59 Å². The molecular formula is C25H38N2O5. The summed E-state index contributed by atoms with van der Waals surface area (Å²) in [5.41, 5.74) is 0.853. The van der Waals surface area contributed by atoms with E-state index in [9.17, 15) is 14.4 Å². The van der Waals surface area contributed by atoms with Gasteiger partial charge in [0.15, 0.2) is 0 Å². The third-order valence-electron chi connectivity index (χ3n) is 5.67. The summed E-state index contributed by atoms with van der Waals surface area (Å²) < 4.78 is 10.5. The highest BCUT2D eigenvalue weighted by Crippen LogP contribution is 2.17. The highest BCUT2D eigenvalue weighted by molar-refractivity contribution is 5.88. The van der Waals surface area contributed by atoms with Crippen LogP contribution in [-0.2, 0) is 25.5 Å². The number of carbonyl (C=O) groups is 3. The van der Waals surface area contributed by atoms with Crippen molar-refractivity contribution in [1.82, 2.24) is 10.6 Å². The normalized spacial score (nSPS) is 20.8. The molecule has 2 amide bonds. The first kappa shape index (κ1) is 25.7. The first-order valence-electron chi connectivity index (χ1n) is 11.9. The minimum absolute atomic E-state index is 0.157. The molecule has 1 heterocycles. The summed E-state index contributed by atoms with van der Waals surface area (Å²) in [4.78, 5) is 35.8. The monoisotopic (exact) mass is 446 g/mol. The Kier molecular flexibility index (Phi) is 12.3. The van der Waals surface area contributed by atoms with E-state index < -0.39 is 17.9 Å². The van der Waals surface area contributed by atoms with Crippen molar-refractivity contribution in [1.29, 1.82) is 0 Å². The first-order chi connectivity index (χ1) is 15.6. The van der Waals surface area contributed by atoms with E-state index in [0.29, 0.717) is 13.0 Å². The van der Waals surface area contributed by atoms with Crippen LogP contribution in [0.15, 0.2) is 24.3 Å². The van der Waals surface area contributed by atoms with Crippen LogP contribution < -0.4 is 15.4 Å². The highest BCUT2D eigenvalue weighted by Gasteiger charge is 2.22. The van der Waals surface area contributed by atoms with Crippen LogP contribution in [0.4, 0.5) is 0 Å². The number of amides is 2. The molecule has 1 saturated carbocycles. The molecule has 7 heteroatoms. The van der Waals surface area contributed by atoms with Gasteiger partial charge in [-0.15, -0.1) is 0 Å². The smallest absolute Gasteiger partial charge is 0.328 e. The lowest BCUT2D eigenvalue weighted by atomic mass is 10.0. The Morgan fingerprint density at radius 2 is 1.59 bits per heavy atom. The predicted octanol–water partition coefficient (Wildman–Crippen LogP) is 3.69. The number of carbonyl (C=O) groups excluding carboxylic acids is 3. The standard InChI is InChI=1S/C19H26N2O5.C6H12/c1-25-19(24)16-12-14-7-6-8-15(11-14)26-10-5-3-2-4-9-17(22)20-13-18(23)21-16;1-2-4-6-5-3-1/h6-8,11,16H,2-5,9-10,12-13H2,1H3,(H,20,22)(H,21,23);1-6H2. The molecule has 32 heavy (non-hydrogen) atoms. The van der Waals surface area contributed by atoms with Gasteiger partial charge in [0.05, 0.1) is 20.3 Å². The first-order valence-corrected chi connectivity index (χ1v) is 11.9. The molecule has 3 rings (SSSR count). The zero-order valence-electron chi connectivity index (χ0n) is 19.3. The molecule has 2 N–H and O–H groups in total. The number of methoxy groups -OCH3 is 1. The fourth-order valence-corrected chi connectivity index (χ4v) is 3.84. The van der Waals surface area contributed by atoms with Gasteiger partial charge in [-0.2, -0.15) is 0 Å². The summed E-state index contributed by atoms with van der Waals surface area (Å²) in [6, 6.07) is 6.63. The van der Waals surface area contributed by atoms with Crippen molar-refractivity contribution in [3.05, 3.63) is 29.8 Å². The molecule has 2 aliphatic rings. The van der Waals surface area contributed by atoms with Crippen LogP contribution in [-0.4, -0.2) is 44.1 Å². The maximum absolute atomic E-state index is 12.1. The second kappa shape index (κ2) is 15.3. The number of fused-ring (bicyclic) bond motifs is 2. The van der Waals surface area contributed by atoms with Crippen LogP contribution in [0.5, 0.6) is 5.75 Å². The third kappa shape index (κ3) is 10.6. The van der Waals surface area contributed by atoms with Crippen molar-refractivity contribution in [2.24, 2.45) is 0 Å². The van der Waals surface area contributed by atoms with Crippen LogP contribution in [0.3, 0.4) is 0 Å². The fraction of sp³-hybridized carbons (Fsp3) is 0.640. The quantitative estimate of drug-likeness (QED) is 0.642. The SMILES string of the molecule is C1CCCCC1.COC(=O)C1Cc2cccc(c2)OCCCCCCC(=O)NCC(=O)N1. The van der Waals surface area contributed by atoms with E-state index in [4.69, 9.17) is 9.47 Å². The number of hydrogen-bond acceptors (Lipinski definition) is 5. The van der Waals surface area contributed by atoms with Gasteiger partial charge in [0, 0.05) is 12.8 Å². The summed E-state index contributed by atoms with van der Waals surface area (Å²) in [6.07, 6.45) is 13.3. The Bertz CT molecular complexity index is 707. The topological polar surface area (TPSA) is 93.7 Å². The maximum atomic E-state index is 12.1. The molecule has 1 aromatic carbocycles. The molecule has 2 bridgehead atoms. The van der Waals surface area contributed by atoms with E-state index in [1.807, 2.05) is 24.3 Å². The molecule has 178 valence electrons. The van der Waals surface area contributed by atoms with E-state index in [1.54, 1.807) is 0 Å². The lowest BCUT2D eigenvalue weighted by Gasteiger charge is -2.17. The third-order valence-corrected chi connectivity index (χ3v) is 5.67. The molecule has 1 unspecified atom stereocenters. The van der Waals surface area contributed by atoms with Gasteiger partial charge in [-0.25, -0.2) is 4.79 Å². The van der Waals surface area contributed by atoms with Crippen LogP contribution in [0.2, 0.25) is 0 Å². The van der Waals surface area contributed by atoms with Crippen LogP contribution in [0, 0.1) is 0 Å². The Morgan fingerprint density at radius 3 is 2.28 bits per heavy atom. The number of hydrogen-bond donors (Lipinski definition) is 2. The number of benzene rings is 1. The molecule has 0 radical (unpaired) electrons. The number of esters is 1. The van der Waals surface area contributed by atoms with Crippen LogP contribution in [0.1, 0.15) is 76.2 Å². The van der Waals surface area contributed by atoms with E-state index >= 15 is 0 Å². The van der Waals surface area contributed by atoms with Crippen molar-refractivity contribution >= 4 is 17.8 Å². The summed E-state index contributed by atoms with van der Waals surface area (Å²) in [5, 5.41) is 5.20. The Morgan fingerprint density at radius 1 is 0.938 bits per heavy atom. The summed E-state index contributed by atoms with van der Waals surface area (Å²) >= 11 is 0. The summed E-state index contributed by atoms with van der Waals surface area (Å²) in [7, 11) is 1.28. The molecule has 0 aromatic heterocycles. The zero-order chi connectivity index (χ0) is 23.0. The van der Waals surface area contributed by atoms with Gasteiger partial charge in [0.25, 0.3) is 0 Å². The molecule has 1 fully saturated rings. The van der Waals surface area contributed by atoms with Gasteiger partial charge in [0.1, 0.15) is 11.8 Å². The fourth-order valence-electron chi connectivity index (χ4n) is 3.84. The van der Waals surface area contributed by atoms with E-state index in [2.05, 4.69) is 10.6 Å². The van der Waals surface area contributed by atoms with Crippen molar-refractivity contribution < 1.29 is 23.9 Å². The second-order valence-corrected chi connectivity index (χ2v) is 8.41. The van der Waals surface area contributed by atoms with E-state index in [-0.39, 0.29) is 18.9 Å². The minimum atomic E-state index is -0.824. The molecule has 1 aliphatic carbocycles. The van der Waals surface area contributed by atoms with Crippen molar-refractivity contribution in [2.45, 2.75) is 83.1 Å². The Hall–Kier alpha value is -2.57. The molecule has 0 spiro atoms. The summed E-state index contributed by atoms with van der Waals surface area (Å²) in [5.74, 6) is -0.389. The van der Waals surface area contributed by atoms with E-state index in [1.165, 1.54) is 45.6 Å². The second-order valence-electron chi connectivity index (χ2n) is 8.41. The average Bonchev–Trinajstić information content (AvgIpc) is 2.82. The molecule has 1 aromatic rings. The van der Waals surface area contributed by atoms with Crippen molar-refractivity contribution in [2.75, 3.05) is 20.3 Å². The highest BCUT2D eigenvalue weighted by atomic mass is 16.5. The van der Waals surface area contributed by atoms with Gasteiger partial charge in [0.2, 0.25) is 11.8 Å². The van der Waals surface area contributed by atoms with Gasteiger partial charge in [-0.1, -0.05) is 63.5 Å². The average molecular weight is 447 g/mol. The predicted molar refractivity (Wildman–Crippen MR) is 123 cm³/mol.